The molecule has 3 rings (SSSR count). The van der Waals surface area contributed by atoms with Crippen molar-refractivity contribution < 1.29 is 9.53 Å². The monoisotopic (exact) mass is 370 g/mol. The van der Waals surface area contributed by atoms with Gasteiger partial charge in [0.05, 0.1) is 12.6 Å². The van der Waals surface area contributed by atoms with E-state index in [4.69, 9.17) is 4.74 Å². The van der Waals surface area contributed by atoms with E-state index in [1.54, 1.807) is 6.07 Å². The highest BCUT2D eigenvalue weighted by Gasteiger charge is 2.17. The first kappa shape index (κ1) is 19.4. The molecule has 0 bridgehead atoms. The second kappa shape index (κ2) is 10.1. The van der Waals surface area contributed by atoms with Crippen molar-refractivity contribution in [3.63, 3.8) is 0 Å². The third-order valence-electron chi connectivity index (χ3n) is 4.88. The average Bonchev–Trinajstić information content (AvgIpc) is 3.20. The molecule has 1 unspecified atom stereocenters. The van der Waals surface area contributed by atoms with Crippen molar-refractivity contribution in [1.82, 2.24) is 20.4 Å². The summed E-state index contributed by atoms with van der Waals surface area (Å²) in [6.45, 7) is 5.48. The highest BCUT2D eigenvalue weighted by molar-refractivity contribution is 5.92. The van der Waals surface area contributed by atoms with E-state index in [1.807, 2.05) is 23.0 Å². The van der Waals surface area contributed by atoms with Gasteiger partial charge in [0, 0.05) is 19.3 Å². The van der Waals surface area contributed by atoms with Gasteiger partial charge < -0.3 is 15.4 Å². The van der Waals surface area contributed by atoms with Crippen molar-refractivity contribution in [2.24, 2.45) is 0 Å². The van der Waals surface area contributed by atoms with E-state index in [9.17, 15) is 4.79 Å². The molecule has 1 saturated heterocycles. The standard InChI is InChI=1S/C21H30N4O2/c1-2-3-15-27-19-8-6-17(7-9-19)10-13-23-21(26)20-11-14-25(24-20)18-5-4-12-22-16-18/h6-9,11,14,18,22H,2-5,10,12-13,15-16H2,1H3,(H,23,26). The van der Waals surface area contributed by atoms with E-state index in [0.29, 0.717) is 18.3 Å². The van der Waals surface area contributed by atoms with E-state index in [-0.39, 0.29) is 5.91 Å². The van der Waals surface area contributed by atoms with Crippen LogP contribution in [0.2, 0.25) is 0 Å². The third-order valence-corrected chi connectivity index (χ3v) is 4.88. The van der Waals surface area contributed by atoms with Crippen LogP contribution in [0.15, 0.2) is 36.5 Å². The van der Waals surface area contributed by atoms with E-state index in [2.05, 4.69) is 34.8 Å². The molecule has 0 radical (unpaired) electrons. The highest BCUT2D eigenvalue weighted by Crippen LogP contribution is 2.16. The highest BCUT2D eigenvalue weighted by atomic mass is 16.5. The molecular weight excluding hydrogens is 340 g/mol. The summed E-state index contributed by atoms with van der Waals surface area (Å²) in [5, 5.41) is 10.8. The fourth-order valence-corrected chi connectivity index (χ4v) is 3.22. The van der Waals surface area contributed by atoms with Crippen molar-refractivity contribution in [1.29, 1.82) is 0 Å². The van der Waals surface area contributed by atoms with Gasteiger partial charge in [-0.3, -0.25) is 9.48 Å². The van der Waals surface area contributed by atoms with Crippen LogP contribution in [0.1, 0.15) is 54.7 Å². The first-order chi connectivity index (χ1) is 13.3. The molecule has 146 valence electrons. The number of piperidine rings is 1. The Kier molecular flexibility index (Phi) is 7.27. The van der Waals surface area contributed by atoms with E-state index >= 15 is 0 Å². The Bertz CT molecular complexity index is 705. The van der Waals surface area contributed by atoms with Gasteiger partial charge in [0.2, 0.25) is 0 Å². The number of hydrogen-bond donors (Lipinski definition) is 2. The number of rotatable bonds is 9. The fraction of sp³-hybridized carbons (Fsp3) is 0.524. The third kappa shape index (κ3) is 5.82. The first-order valence-corrected chi connectivity index (χ1v) is 10.0. The quantitative estimate of drug-likeness (QED) is 0.666. The number of aromatic nitrogens is 2. The molecule has 1 atom stereocenters. The van der Waals surface area contributed by atoms with Crippen molar-refractivity contribution in [3.05, 3.63) is 47.8 Å². The molecule has 0 spiro atoms. The number of hydrogen-bond acceptors (Lipinski definition) is 4. The first-order valence-electron chi connectivity index (χ1n) is 10.0. The van der Waals surface area contributed by atoms with Crippen LogP contribution in [0.4, 0.5) is 0 Å². The summed E-state index contributed by atoms with van der Waals surface area (Å²) >= 11 is 0. The Labute approximate surface area is 161 Å². The molecular formula is C21H30N4O2. The molecule has 1 aromatic heterocycles. The summed E-state index contributed by atoms with van der Waals surface area (Å²) in [6, 6.07) is 10.2. The van der Waals surface area contributed by atoms with Crippen molar-refractivity contribution in [3.8, 4) is 5.75 Å². The minimum Gasteiger partial charge on any atom is -0.494 e. The lowest BCUT2D eigenvalue weighted by Gasteiger charge is -2.22. The molecule has 1 fully saturated rings. The van der Waals surface area contributed by atoms with Gasteiger partial charge in [-0.1, -0.05) is 25.5 Å². The van der Waals surface area contributed by atoms with Crippen molar-refractivity contribution in [2.45, 2.75) is 45.1 Å². The van der Waals surface area contributed by atoms with Gasteiger partial charge in [0.25, 0.3) is 5.91 Å². The summed E-state index contributed by atoms with van der Waals surface area (Å²) < 4.78 is 7.58. The van der Waals surface area contributed by atoms with Gasteiger partial charge in [-0.25, -0.2) is 0 Å². The Balaban J connectivity index is 1.42. The SMILES string of the molecule is CCCCOc1ccc(CCNC(=O)c2ccn(C3CCCNC3)n2)cc1. The maximum absolute atomic E-state index is 12.3. The van der Waals surface area contributed by atoms with Crippen LogP contribution in [0.5, 0.6) is 5.75 Å². The van der Waals surface area contributed by atoms with Crippen LogP contribution in [-0.2, 0) is 6.42 Å². The maximum Gasteiger partial charge on any atom is 0.271 e. The molecule has 0 aliphatic carbocycles. The molecule has 6 heteroatoms. The van der Waals surface area contributed by atoms with Crippen LogP contribution >= 0.6 is 0 Å². The molecule has 1 aliphatic heterocycles. The Morgan fingerprint density at radius 1 is 1.33 bits per heavy atom. The fourth-order valence-electron chi connectivity index (χ4n) is 3.22. The Hall–Kier alpha value is -2.34. The summed E-state index contributed by atoms with van der Waals surface area (Å²) in [6.07, 6.45) is 7.15. The summed E-state index contributed by atoms with van der Waals surface area (Å²) in [4.78, 5) is 12.3. The number of benzene rings is 1. The molecule has 2 heterocycles. The molecule has 1 aromatic carbocycles. The van der Waals surface area contributed by atoms with Crippen molar-refractivity contribution >= 4 is 5.91 Å². The summed E-state index contributed by atoms with van der Waals surface area (Å²) in [5.41, 5.74) is 1.66. The minimum atomic E-state index is -0.114. The van der Waals surface area contributed by atoms with Crippen LogP contribution in [-0.4, -0.2) is 41.9 Å². The normalized spacial score (nSPS) is 16.9. The van der Waals surface area contributed by atoms with Crippen LogP contribution in [0, 0.1) is 0 Å². The summed E-state index contributed by atoms with van der Waals surface area (Å²) in [7, 11) is 0. The van der Waals surface area contributed by atoms with Crippen LogP contribution in [0.3, 0.4) is 0 Å². The van der Waals surface area contributed by atoms with E-state index in [0.717, 1.165) is 57.6 Å². The van der Waals surface area contributed by atoms with Crippen LogP contribution in [0.25, 0.3) is 0 Å². The Morgan fingerprint density at radius 3 is 2.93 bits per heavy atom. The van der Waals surface area contributed by atoms with Crippen molar-refractivity contribution in [2.75, 3.05) is 26.2 Å². The van der Waals surface area contributed by atoms with Gasteiger partial charge in [0.1, 0.15) is 11.4 Å². The molecule has 1 aliphatic rings. The Morgan fingerprint density at radius 2 is 2.19 bits per heavy atom. The zero-order valence-electron chi connectivity index (χ0n) is 16.1. The van der Waals surface area contributed by atoms with Gasteiger partial charge in [-0.05, 0) is 56.0 Å². The molecule has 2 aromatic rings. The molecule has 6 nitrogen and oxygen atoms in total. The molecule has 27 heavy (non-hydrogen) atoms. The largest absolute Gasteiger partial charge is 0.494 e. The smallest absolute Gasteiger partial charge is 0.271 e. The number of nitrogens with zero attached hydrogens (tertiary/aromatic N) is 2. The zero-order valence-corrected chi connectivity index (χ0v) is 16.1. The second-order valence-corrected chi connectivity index (χ2v) is 7.03. The van der Waals surface area contributed by atoms with E-state index < -0.39 is 0 Å². The lowest BCUT2D eigenvalue weighted by Crippen LogP contribution is -2.32. The lowest BCUT2D eigenvalue weighted by atomic mass is 10.1. The lowest BCUT2D eigenvalue weighted by molar-refractivity contribution is 0.0947. The number of carbonyl (C=O) groups is 1. The number of ether oxygens (including phenoxy) is 1. The number of nitrogens with one attached hydrogen (secondary N) is 2. The van der Waals surface area contributed by atoms with Gasteiger partial charge in [-0.15, -0.1) is 0 Å². The second-order valence-electron chi connectivity index (χ2n) is 7.03. The number of unbranched alkanes of at least 4 members (excludes halogenated alkanes) is 1. The summed E-state index contributed by atoms with van der Waals surface area (Å²) in [5.74, 6) is 0.788. The topological polar surface area (TPSA) is 68.2 Å². The number of carbonyl (C=O) groups excluding carboxylic acids is 1. The van der Waals surface area contributed by atoms with Crippen LogP contribution < -0.4 is 15.4 Å². The molecule has 2 N–H and O–H groups in total. The van der Waals surface area contributed by atoms with E-state index in [1.165, 1.54) is 5.56 Å². The van der Waals surface area contributed by atoms with Gasteiger partial charge in [-0.2, -0.15) is 5.10 Å². The molecule has 0 saturated carbocycles. The van der Waals surface area contributed by atoms with Gasteiger partial charge in [0.15, 0.2) is 0 Å². The maximum atomic E-state index is 12.3. The average molecular weight is 370 g/mol. The predicted octanol–water partition coefficient (Wildman–Crippen LogP) is 2.96. The number of amides is 1. The van der Waals surface area contributed by atoms with Gasteiger partial charge >= 0.3 is 0 Å². The zero-order chi connectivity index (χ0) is 18.9. The predicted molar refractivity (Wildman–Crippen MR) is 106 cm³/mol. The molecule has 1 amide bonds. The minimum absolute atomic E-state index is 0.114.